The molecule has 0 saturated carbocycles. The molecule has 1 aromatic rings. The van der Waals surface area contributed by atoms with Crippen LogP contribution in [0.1, 0.15) is 32.3 Å². The predicted octanol–water partition coefficient (Wildman–Crippen LogP) is 3.55. The standard InChI is InChI=1S/C17H19BrO4/c1-17(2)10-12(16(19)22-17)7-5-6-11-8-14(20-3)15(21-4)9-13(11)18/h8-9,12H,7,10H2,1-4H3. The lowest BCUT2D eigenvalue weighted by molar-refractivity contribution is -0.148. The van der Waals surface area contributed by atoms with Crippen molar-refractivity contribution in [1.29, 1.82) is 0 Å². The van der Waals surface area contributed by atoms with Crippen molar-refractivity contribution in [2.45, 2.75) is 32.3 Å². The Balaban J connectivity index is 2.14. The minimum Gasteiger partial charge on any atom is -0.493 e. The molecule has 4 nitrogen and oxygen atoms in total. The summed E-state index contributed by atoms with van der Waals surface area (Å²) in [6.45, 7) is 3.84. The van der Waals surface area contributed by atoms with E-state index < -0.39 is 0 Å². The molecule has 0 amide bonds. The van der Waals surface area contributed by atoms with Gasteiger partial charge in [-0.1, -0.05) is 11.8 Å². The van der Waals surface area contributed by atoms with E-state index in [1.165, 1.54) is 0 Å². The molecule has 1 atom stereocenters. The first-order chi connectivity index (χ1) is 10.4. The molecule has 0 aliphatic carbocycles. The molecule has 0 aromatic heterocycles. The van der Waals surface area contributed by atoms with E-state index in [1.807, 2.05) is 26.0 Å². The van der Waals surface area contributed by atoms with Crippen molar-refractivity contribution in [3.63, 3.8) is 0 Å². The molecule has 2 rings (SSSR count). The highest BCUT2D eigenvalue weighted by molar-refractivity contribution is 9.10. The van der Waals surface area contributed by atoms with Gasteiger partial charge >= 0.3 is 5.97 Å². The zero-order valence-corrected chi connectivity index (χ0v) is 14.7. The minimum absolute atomic E-state index is 0.151. The molecule has 1 aliphatic heterocycles. The van der Waals surface area contributed by atoms with Crippen molar-refractivity contribution < 1.29 is 19.0 Å². The average molecular weight is 367 g/mol. The van der Waals surface area contributed by atoms with E-state index in [9.17, 15) is 4.79 Å². The summed E-state index contributed by atoms with van der Waals surface area (Å²) in [6, 6.07) is 3.63. The van der Waals surface area contributed by atoms with Gasteiger partial charge in [-0.05, 0) is 35.8 Å². The summed E-state index contributed by atoms with van der Waals surface area (Å²) in [5, 5.41) is 0. The van der Waals surface area contributed by atoms with Crippen LogP contribution in [0.4, 0.5) is 0 Å². The van der Waals surface area contributed by atoms with Gasteiger partial charge in [-0.15, -0.1) is 0 Å². The fourth-order valence-corrected chi connectivity index (χ4v) is 2.87. The number of benzene rings is 1. The summed E-state index contributed by atoms with van der Waals surface area (Å²) >= 11 is 3.47. The maximum atomic E-state index is 11.7. The van der Waals surface area contributed by atoms with Crippen molar-refractivity contribution >= 4 is 21.9 Å². The van der Waals surface area contributed by atoms with E-state index in [2.05, 4.69) is 27.8 Å². The molecule has 1 saturated heterocycles. The molecule has 1 heterocycles. The zero-order chi connectivity index (χ0) is 16.3. The van der Waals surface area contributed by atoms with Crippen LogP contribution in [0.5, 0.6) is 11.5 Å². The molecule has 1 aromatic carbocycles. The van der Waals surface area contributed by atoms with Crippen LogP contribution >= 0.6 is 15.9 Å². The molecule has 1 unspecified atom stereocenters. The number of ether oxygens (including phenoxy) is 3. The number of carbonyl (C=O) groups is 1. The minimum atomic E-state index is -0.382. The molecule has 1 fully saturated rings. The van der Waals surface area contributed by atoms with Gasteiger partial charge in [0, 0.05) is 28.9 Å². The van der Waals surface area contributed by atoms with Crippen LogP contribution < -0.4 is 9.47 Å². The monoisotopic (exact) mass is 366 g/mol. The Bertz CT molecular complexity index is 640. The lowest BCUT2D eigenvalue weighted by Crippen LogP contribution is -2.17. The van der Waals surface area contributed by atoms with Gasteiger partial charge in [0.25, 0.3) is 0 Å². The summed E-state index contributed by atoms with van der Waals surface area (Å²) in [5.41, 5.74) is 0.413. The number of methoxy groups -OCH3 is 2. The molecular weight excluding hydrogens is 348 g/mol. The number of hydrogen-bond donors (Lipinski definition) is 0. The zero-order valence-electron chi connectivity index (χ0n) is 13.2. The number of rotatable bonds is 3. The number of cyclic esters (lactones) is 1. The lowest BCUT2D eigenvalue weighted by atomic mass is 9.95. The van der Waals surface area contributed by atoms with E-state index in [4.69, 9.17) is 14.2 Å². The molecule has 0 N–H and O–H groups in total. The number of carbonyl (C=O) groups excluding carboxylic acids is 1. The first-order valence-corrected chi connectivity index (χ1v) is 7.79. The lowest BCUT2D eigenvalue weighted by Gasteiger charge is -2.14. The highest BCUT2D eigenvalue weighted by Crippen LogP contribution is 2.34. The summed E-state index contributed by atoms with van der Waals surface area (Å²) in [4.78, 5) is 11.7. The quantitative estimate of drug-likeness (QED) is 0.606. The van der Waals surface area contributed by atoms with Crippen LogP contribution in [0.3, 0.4) is 0 Å². The Kier molecular flexibility index (Phi) is 5.02. The molecule has 0 bridgehead atoms. The van der Waals surface area contributed by atoms with Crippen molar-refractivity contribution in [3.8, 4) is 23.3 Å². The van der Waals surface area contributed by atoms with Crippen LogP contribution in [0.2, 0.25) is 0 Å². The summed E-state index contributed by atoms with van der Waals surface area (Å²) in [6.07, 6.45) is 1.19. The molecule has 118 valence electrons. The van der Waals surface area contributed by atoms with E-state index in [1.54, 1.807) is 14.2 Å². The Hall–Kier alpha value is -1.67. The van der Waals surface area contributed by atoms with Crippen molar-refractivity contribution in [3.05, 3.63) is 22.2 Å². The maximum Gasteiger partial charge on any atom is 0.310 e. The molecule has 22 heavy (non-hydrogen) atoms. The van der Waals surface area contributed by atoms with E-state index in [-0.39, 0.29) is 17.5 Å². The van der Waals surface area contributed by atoms with Crippen molar-refractivity contribution in [2.24, 2.45) is 5.92 Å². The number of esters is 1. The van der Waals surface area contributed by atoms with Crippen LogP contribution in [0.25, 0.3) is 0 Å². The highest BCUT2D eigenvalue weighted by atomic mass is 79.9. The van der Waals surface area contributed by atoms with Crippen molar-refractivity contribution in [1.82, 2.24) is 0 Å². The fraction of sp³-hybridized carbons (Fsp3) is 0.471. The Morgan fingerprint density at radius 1 is 1.32 bits per heavy atom. The fourth-order valence-electron chi connectivity index (χ4n) is 2.45. The molecular formula is C17H19BrO4. The SMILES string of the molecule is COc1cc(Br)c(C#CCC2CC(C)(C)OC2=O)cc1OC. The van der Waals surface area contributed by atoms with Crippen molar-refractivity contribution in [2.75, 3.05) is 14.2 Å². The first-order valence-electron chi connectivity index (χ1n) is 6.99. The van der Waals surface area contributed by atoms with E-state index >= 15 is 0 Å². The third-order valence-electron chi connectivity index (χ3n) is 3.49. The summed E-state index contributed by atoms with van der Waals surface area (Å²) in [5.74, 6) is 7.09. The Morgan fingerprint density at radius 3 is 2.50 bits per heavy atom. The predicted molar refractivity (Wildman–Crippen MR) is 87.0 cm³/mol. The van der Waals surface area contributed by atoms with Gasteiger partial charge < -0.3 is 14.2 Å². The van der Waals surface area contributed by atoms with Gasteiger partial charge in [-0.25, -0.2) is 0 Å². The summed E-state index contributed by atoms with van der Waals surface area (Å²) in [7, 11) is 3.17. The molecule has 5 heteroatoms. The Morgan fingerprint density at radius 2 is 1.95 bits per heavy atom. The normalized spacial score (nSPS) is 19.1. The van der Waals surface area contributed by atoms with Crippen LogP contribution in [0.15, 0.2) is 16.6 Å². The van der Waals surface area contributed by atoms with Crippen LogP contribution in [-0.4, -0.2) is 25.8 Å². The van der Waals surface area contributed by atoms with Gasteiger partial charge in [0.2, 0.25) is 0 Å². The van der Waals surface area contributed by atoms with E-state index in [0.29, 0.717) is 24.3 Å². The van der Waals surface area contributed by atoms with Gasteiger partial charge in [0.1, 0.15) is 5.60 Å². The first kappa shape index (κ1) is 16.7. The van der Waals surface area contributed by atoms with Gasteiger partial charge in [-0.3, -0.25) is 4.79 Å². The molecule has 0 spiro atoms. The smallest absolute Gasteiger partial charge is 0.310 e. The third kappa shape index (κ3) is 3.75. The third-order valence-corrected chi connectivity index (χ3v) is 4.15. The number of hydrogen-bond acceptors (Lipinski definition) is 4. The average Bonchev–Trinajstić information content (AvgIpc) is 2.72. The van der Waals surface area contributed by atoms with Crippen LogP contribution in [-0.2, 0) is 9.53 Å². The highest BCUT2D eigenvalue weighted by Gasteiger charge is 2.39. The van der Waals surface area contributed by atoms with Gasteiger partial charge in [0.15, 0.2) is 11.5 Å². The Labute approximate surface area is 139 Å². The van der Waals surface area contributed by atoms with Gasteiger partial charge in [0.05, 0.1) is 20.1 Å². The second-order valence-corrected chi connectivity index (χ2v) is 6.63. The second-order valence-electron chi connectivity index (χ2n) is 5.77. The van der Waals surface area contributed by atoms with Crippen LogP contribution in [0, 0.1) is 17.8 Å². The maximum absolute atomic E-state index is 11.7. The number of halogens is 1. The van der Waals surface area contributed by atoms with E-state index in [0.717, 1.165) is 10.0 Å². The molecule has 1 aliphatic rings. The second kappa shape index (κ2) is 6.62. The van der Waals surface area contributed by atoms with Gasteiger partial charge in [-0.2, -0.15) is 0 Å². The largest absolute Gasteiger partial charge is 0.493 e. The molecule has 0 radical (unpaired) electrons. The topological polar surface area (TPSA) is 44.8 Å². The summed E-state index contributed by atoms with van der Waals surface area (Å²) < 4.78 is 16.6.